The molecule has 6 nitrogen and oxygen atoms in total. The molecule has 0 aliphatic rings. The molecule has 4 rings (SSSR count). The molecule has 0 aliphatic heterocycles. The summed E-state index contributed by atoms with van der Waals surface area (Å²) in [6.45, 7) is 5.84. The van der Waals surface area contributed by atoms with Crippen LogP contribution < -0.4 is 19.5 Å². The van der Waals surface area contributed by atoms with Crippen LogP contribution in [0.15, 0.2) is 59.6 Å². The molecule has 0 fully saturated rings. The first-order valence-electron chi connectivity index (χ1n) is 10.8. The summed E-state index contributed by atoms with van der Waals surface area (Å²) in [6.07, 6.45) is 1.69. The van der Waals surface area contributed by atoms with E-state index in [2.05, 4.69) is 10.3 Å². The van der Waals surface area contributed by atoms with Crippen LogP contribution in [0.1, 0.15) is 16.7 Å². The first kappa shape index (κ1) is 24.7. The molecule has 0 spiro atoms. The zero-order valence-electron chi connectivity index (χ0n) is 20.1. The zero-order valence-corrected chi connectivity index (χ0v) is 21.6. The van der Waals surface area contributed by atoms with E-state index >= 15 is 0 Å². The largest absolute Gasteiger partial charge is 0.493 e. The summed E-state index contributed by atoms with van der Waals surface area (Å²) in [5.41, 5.74) is 4.24. The maximum Gasteiger partial charge on any atom is 0.288 e. The molecule has 0 radical (unpaired) electrons. The number of methoxy groups -OCH3 is 2. The van der Waals surface area contributed by atoms with Crippen LogP contribution in [0.3, 0.4) is 0 Å². The highest BCUT2D eigenvalue weighted by atomic mass is 35.5. The molecule has 1 heterocycles. The van der Waals surface area contributed by atoms with Gasteiger partial charge in [-0.3, -0.25) is 9.78 Å². The van der Waals surface area contributed by atoms with Gasteiger partial charge in [-0.05, 0) is 91.7 Å². The van der Waals surface area contributed by atoms with Crippen molar-refractivity contribution in [3.63, 3.8) is 0 Å². The molecule has 3 aromatic carbocycles. The van der Waals surface area contributed by atoms with Crippen molar-refractivity contribution in [2.24, 2.45) is 0 Å². The van der Waals surface area contributed by atoms with Gasteiger partial charge in [0.15, 0.2) is 11.5 Å². The summed E-state index contributed by atoms with van der Waals surface area (Å²) in [6, 6.07) is 14.6. The van der Waals surface area contributed by atoms with Gasteiger partial charge in [0.2, 0.25) is 0 Å². The van der Waals surface area contributed by atoms with Gasteiger partial charge in [-0.1, -0.05) is 11.6 Å². The van der Waals surface area contributed by atoms with Crippen LogP contribution in [0.2, 0.25) is 5.02 Å². The predicted molar refractivity (Wildman–Crippen MR) is 142 cm³/mol. The van der Waals surface area contributed by atoms with Gasteiger partial charge in [-0.15, -0.1) is 0 Å². The Morgan fingerprint density at radius 3 is 2.34 bits per heavy atom. The van der Waals surface area contributed by atoms with E-state index in [1.165, 1.54) is 0 Å². The minimum Gasteiger partial charge on any atom is -0.493 e. The molecule has 1 aromatic heterocycles. The molecule has 0 bridgehead atoms. The van der Waals surface area contributed by atoms with Crippen molar-refractivity contribution in [1.82, 2.24) is 4.98 Å². The van der Waals surface area contributed by atoms with E-state index in [9.17, 15) is 4.79 Å². The van der Waals surface area contributed by atoms with Crippen LogP contribution >= 0.6 is 23.4 Å². The second-order valence-corrected chi connectivity index (χ2v) is 9.37. The van der Waals surface area contributed by atoms with Gasteiger partial charge in [0, 0.05) is 33.3 Å². The molecule has 4 aromatic rings. The highest BCUT2D eigenvalue weighted by Gasteiger charge is 2.15. The number of ether oxygens (including phenoxy) is 3. The van der Waals surface area contributed by atoms with Crippen LogP contribution in [0.5, 0.6) is 23.0 Å². The van der Waals surface area contributed by atoms with Crippen molar-refractivity contribution in [2.75, 3.05) is 19.5 Å². The number of rotatable bonds is 6. The van der Waals surface area contributed by atoms with Gasteiger partial charge < -0.3 is 19.5 Å². The van der Waals surface area contributed by atoms with Gasteiger partial charge in [0.25, 0.3) is 5.24 Å². The topological polar surface area (TPSA) is 69.7 Å². The molecule has 0 saturated heterocycles. The fourth-order valence-electron chi connectivity index (χ4n) is 3.66. The van der Waals surface area contributed by atoms with Crippen molar-refractivity contribution in [3.8, 4) is 23.0 Å². The third-order valence-electron chi connectivity index (χ3n) is 5.74. The van der Waals surface area contributed by atoms with Gasteiger partial charge in [0.05, 0.1) is 19.7 Å². The van der Waals surface area contributed by atoms with Gasteiger partial charge in [0.1, 0.15) is 11.5 Å². The predicted octanol–water partition coefficient (Wildman–Crippen LogP) is 7.95. The third-order valence-corrected chi connectivity index (χ3v) is 6.94. The summed E-state index contributed by atoms with van der Waals surface area (Å²) in [5, 5.41) is 4.26. The Balaban J connectivity index is 1.57. The Kier molecular flexibility index (Phi) is 7.38. The van der Waals surface area contributed by atoms with Crippen molar-refractivity contribution in [1.29, 1.82) is 0 Å². The van der Waals surface area contributed by atoms with E-state index in [1.807, 2.05) is 63.2 Å². The van der Waals surface area contributed by atoms with Crippen LogP contribution in [0, 0.1) is 20.8 Å². The number of hydrogen-bond acceptors (Lipinski definition) is 6. The first-order chi connectivity index (χ1) is 16.8. The number of carbonyl (C=O) groups excluding carboxylic acids is 1. The number of halogens is 1. The van der Waals surface area contributed by atoms with Crippen LogP contribution in [-0.2, 0) is 0 Å². The molecule has 35 heavy (non-hydrogen) atoms. The Morgan fingerprint density at radius 2 is 1.63 bits per heavy atom. The fourth-order valence-corrected chi connectivity index (χ4v) is 4.60. The normalized spacial score (nSPS) is 10.8. The number of aryl methyl sites for hydroxylation is 1. The number of nitrogens with one attached hydrogen (secondary N) is 1. The van der Waals surface area contributed by atoms with Crippen LogP contribution in [-0.4, -0.2) is 24.4 Å². The maximum absolute atomic E-state index is 12.7. The molecule has 0 aliphatic carbocycles. The molecular weight excluding hydrogens is 484 g/mol. The summed E-state index contributed by atoms with van der Waals surface area (Å²) >= 11 is 7.15. The van der Waals surface area contributed by atoms with Crippen molar-refractivity contribution >= 4 is 45.2 Å². The summed E-state index contributed by atoms with van der Waals surface area (Å²) in [5.74, 6) is 2.52. The lowest BCUT2D eigenvalue weighted by atomic mass is 10.1. The minimum absolute atomic E-state index is 0.173. The van der Waals surface area contributed by atoms with Gasteiger partial charge in [-0.25, -0.2) is 0 Å². The van der Waals surface area contributed by atoms with Crippen LogP contribution in [0.4, 0.5) is 10.5 Å². The Bertz CT molecular complexity index is 1420. The smallest absolute Gasteiger partial charge is 0.288 e. The maximum atomic E-state index is 12.7. The lowest BCUT2D eigenvalue weighted by molar-refractivity contribution is 0.269. The number of hydrogen-bond donors (Lipinski definition) is 1. The molecule has 1 amide bonds. The lowest BCUT2D eigenvalue weighted by Gasteiger charge is -2.16. The number of anilines is 1. The third kappa shape index (κ3) is 5.31. The van der Waals surface area contributed by atoms with E-state index in [-0.39, 0.29) is 5.24 Å². The molecular formula is C27H25ClN2O4S. The average Bonchev–Trinajstić information content (AvgIpc) is 2.84. The first-order valence-corrected chi connectivity index (χ1v) is 12.0. The van der Waals surface area contributed by atoms with Crippen molar-refractivity contribution < 1.29 is 19.0 Å². The summed E-state index contributed by atoms with van der Waals surface area (Å²) in [4.78, 5) is 18.0. The molecule has 0 unspecified atom stereocenters. The molecule has 1 N–H and O–H groups in total. The average molecular weight is 509 g/mol. The number of thioether (sulfide) groups is 1. The van der Waals surface area contributed by atoms with E-state index in [1.54, 1.807) is 26.5 Å². The second kappa shape index (κ2) is 10.5. The number of amides is 1. The highest BCUT2D eigenvalue weighted by Crippen LogP contribution is 2.38. The van der Waals surface area contributed by atoms with E-state index in [0.29, 0.717) is 28.0 Å². The van der Waals surface area contributed by atoms with Gasteiger partial charge >= 0.3 is 0 Å². The van der Waals surface area contributed by atoms with E-state index < -0.39 is 0 Å². The molecule has 8 heteroatoms. The summed E-state index contributed by atoms with van der Waals surface area (Å²) < 4.78 is 17.1. The zero-order chi connectivity index (χ0) is 25.1. The van der Waals surface area contributed by atoms with Crippen LogP contribution in [0.25, 0.3) is 10.9 Å². The van der Waals surface area contributed by atoms with Crippen molar-refractivity contribution in [3.05, 3.63) is 76.4 Å². The van der Waals surface area contributed by atoms with Crippen molar-refractivity contribution in [2.45, 2.75) is 25.7 Å². The quantitative estimate of drug-likeness (QED) is 0.266. The number of fused-ring (bicyclic) bond motifs is 1. The van der Waals surface area contributed by atoms with E-state index in [4.69, 9.17) is 25.8 Å². The Labute approximate surface area is 213 Å². The number of nitrogens with zero attached hydrogens (tertiary/aromatic N) is 1. The van der Waals surface area contributed by atoms with E-state index in [0.717, 1.165) is 49.9 Å². The summed E-state index contributed by atoms with van der Waals surface area (Å²) in [7, 11) is 3.18. The molecule has 0 atom stereocenters. The number of aromatic nitrogens is 1. The number of carbonyl (C=O) groups is 1. The second-order valence-electron chi connectivity index (χ2n) is 7.92. The fraction of sp³-hybridized carbons (Fsp3) is 0.185. The van der Waals surface area contributed by atoms with Gasteiger partial charge in [-0.2, -0.15) is 0 Å². The monoisotopic (exact) mass is 508 g/mol. The SMILES string of the molecule is COc1cc2nccc(Oc3ccc(NC(=O)Sc4ccc(Cl)cc4C)c(C)c3C)c2cc1OC. The number of benzene rings is 3. The highest BCUT2D eigenvalue weighted by molar-refractivity contribution is 8.14. The standard InChI is InChI=1S/C27H25ClN2O4S/c1-15-12-18(28)6-9-26(15)35-27(31)30-20-7-8-22(17(3)16(20)2)34-23-10-11-29-21-14-25(33-5)24(32-4)13-19(21)23/h6-14H,1-5H3,(H,30,31). The minimum atomic E-state index is -0.173. The Hall–Kier alpha value is -3.42. The molecule has 0 saturated carbocycles. The number of pyridine rings is 1. The Morgan fingerprint density at radius 1 is 0.886 bits per heavy atom. The molecule has 180 valence electrons. The lowest BCUT2D eigenvalue weighted by Crippen LogP contribution is -2.07.